The topological polar surface area (TPSA) is 160 Å². The van der Waals surface area contributed by atoms with Crippen LogP contribution in [0.1, 0.15) is 20.7 Å². The maximum Gasteiger partial charge on any atom is 0.345 e. The van der Waals surface area contributed by atoms with Crippen LogP contribution in [0.15, 0.2) is 23.6 Å². The van der Waals surface area contributed by atoms with Gasteiger partial charge in [0, 0.05) is 6.07 Å². The van der Waals surface area contributed by atoms with Gasteiger partial charge >= 0.3 is 5.97 Å². The summed E-state index contributed by atoms with van der Waals surface area (Å²) < 4.78 is 14.8. The Labute approximate surface area is 162 Å². The highest BCUT2D eigenvalue weighted by atomic mass is 32.1. The average Bonchev–Trinajstić information content (AvgIpc) is 3.13. The van der Waals surface area contributed by atoms with Gasteiger partial charge in [-0.2, -0.15) is 0 Å². The van der Waals surface area contributed by atoms with Crippen LogP contribution in [0.2, 0.25) is 0 Å². The fraction of sp³-hybridized carbons (Fsp3) is 0.188. The minimum atomic E-state index is -1.11. The fourth-order valence-corrected chi connectivity index (χ4v) is 2.96. The summed E-state index contributed by atoms with van der Waals surface area (Å²) in [5.41, 5.74) is 4.30. The Bertz CT molecular complexity index is 940. The van der Waals surface area contributed by atoms with E-state index in [9.17, 15) is 24.5 Å². The summed E-state index contributed by atoms with van der Waals surface area (Å²) in [6.45, 7) is -0.736. The van der Waals surface area contributed by atoms with E-state index in [0.717, 1.165) is 23.5 Å². The maximum absolute atomic E-state index is 12.2. The van der Waals surface area contributed by atoms with Gasteiger partial charge in [-0.25, -0.2) is 4.79 Å². The number of benzene rings is 1. The molecule has 12 heteroatoms. The van der Waals surface area contributed by atoms with Crippen LogP contribution in [-0.4, -0.2) is 43.5 Å². The molecule has 28 heavy (non-hydrogen) atoms. The van der Waals surface area contributed by atoms with Crippen molar-refractivity contribution < 1.29 is 33.5 Å². The van der Waals surface area contributed by atoms with E-state index in [-0.39, 0.29) is 22.1 Å². The molecular formula is C16H15N3O8S. The highest BCUT2D eigenvalue weighted by Gasteiger charge is 2.26. The zero-order valence-electron chi connectivity index (χ0n) is 14.7. The van der Waals surface area contributed by atoms with Gasteiger partial charge in [0.05, 0.1) is 30.8 Å². The molecule has 0 bridgehead atoms. The van der Waals surface area contributed by atoms with Gasteiger partial charge < -0.3 is 25.3 Å². The third kappa shape index (κ3) is 4.54. The molecule has 0 saturated heterocycles. The van der Waals surface area contributed by atoms with Crippen LogP contribution in [0.5, 0.6) is 11.5 Å². The van der Waals surface area contributed by atoms with E-state index in [1.165, 1.54) is 20.3 Å². The molecule has 0 aliphatic rings. The number of methoxy groups -OCH3 is 2. The van der Waals surface area contributed by atoms with Crippen molar-refractivity contribution in [1.29, 1.82) is 0 Å². The monoisotopic (exact) mass is 409 g/mol. The van der Waals surface area contributed by atoms with Crippen molar-refractivity contribution in [3.05, 3.63) is 44.8 Å². The summed E-state index contributed by atoms with van der Waals surface area (Å²) in [4.78, 5) is 45.9. The number of rotatable bonds is 8. The molecule has 1 aromatic heterocycles. The summed E-state index contributed by atoms with van der Waals surface area (Å²) in [7, 11) is 2.58. The Morgan fingerprint density at radius 2 is 1.82 bits per heavy atom. The van der Waals surface area contributed by atoms with Crippen molar-refractivity contribution in [3.8, 4) is 11.5 Å². The molecule has 1 heterocycles. The first-order chi connectivity index (χ1) is 13.3. The lowest BCUT2D eigenvalue weighted by Crippen LogP contribution is -2.22. The molecule has 2 rings (SSSR count). The second kappa shape index (κ2) is 8.81. The summed E-state index contributed by atoms with van der Waals surface area (Å²) in [6, 6.07) is 3.53. The number of amides is 2. The van der Waals surface area contributed by atoms with Crippen molar-refractivity contribution in [2.24, 2.45) is 5.73 Å². The third-order valence-electron chi connectivity index (χ3n) is 3.44. The van der Waals surface area contributed by atoms with Crippen LogP contribution in [-0.2, 0) is 9.53 Å². The van der Waals surface area contributed by atoms with Crippen molar-refractivity contribution in [3.63, 3.8) is 0 Å². The summed E-state index contributed by atoms with van der Waals surface area (Å²) in [5, 5.41) is 15.4. The molecule has 2 amide bonds. The number of nitrogens with zero attached hydrogens (tertiary/aromatic N) is 1. The molecule has 3 N–H and O–H groups in total. The van der Waals surface area contributed by atoms with E-state index in [4.69, 9.17) is 19.9 Å². The first-order valence-corrected chi connectivity index (χ1v) is 8.41. The van der Waals surface area contributed by atoms with Crippen LogP contribution in [0.3, 0.4) is 0 Å². The third-order valence-corrected chi connectivity index (χ3v) is 4.27. The molecule has 148 valence electrons. The molecule has 2 aromatic rings. The minimum Gasteiger partial charge on any atom is -0.493 e. The van der Waals surface area contributed by atoms with Gasteiger partial charge in [-0.1, -0.05) is 0 Å². The molecule has 0 aliphatic heterocycles. The smallest absolute Gasteiger partial charge is 0.345 e. The molecule has 0 aliphatic carbocycles. The fourth-order valence-electron chi connectivity index (χ4n) is 2.15. The van der Waals surface area contributed by atoms with Gasteiger partial charge in [0.1, 0.15) is 10.6 Å². The minimum absolute atomic E-state index is 0.0557. The van der Waals surface area contributed by atoms with E-state index < -0.39 is 40.6 Å². The highest BCUT2D eigenvalue weighted by Crippen LogP contribution is 2.34. The lowest BCUT2D eigenvalue weighted by Gasteiger charge is -2.10. The number of nitrogens with two attached hydrogens (primary N) is 1. The van der Waals surface area contributed by atoms with Gasteiger partial charge in [-0.3, -0.25) is 19.7 Å². The first kappa shape index (κ1) is 20.6. The average molecular weight is 409 g/mol. The lowest BCUT2D eigenvalue weighted by molar-refractivity contribution is -0.385. The Morgan fingerprint density at radius 3 is 2.39 bits per heavy atom. The first-order valence-electron chi connectivity index (χ1n) is 7.53. The largest absolute Gasteiger partial charge is 0.493 e. The number of esters is 1. The lowest BCUT2D eigenvalue weighted by atomic mass is 10.1. The molecule has 0 radical (unpaired) electrons. The second-order valence-electron chi connectivity index (χ2n) is 5.13. The molecule has 0 atom stereocenters. The number of thiophene rings is 1. The highest BCUT2D eigenvalue weighted by molar-refractivity contribution is 7.14. The zero-order valence-corrected chi connectivity index (χ0v) is 15.5. The van der Waals surface area contributed by atoms with Crippen LogP contribution < -0.4 is 20.5 Å². The number of anilines is 1. The number of primary amides is 1. The van der Waals surface area contributed by atoms with Crippen LogP contribution in [0.25, 0.3) is 0 Å². The number of hydrogen-bond acceptors (Lipinski definition) is 9. The molecule has 0 fully saturated rings. The zero-order chi connectivity index (χ0) is 20.8. The summed E-state index contributed by atoms with van der Waals surface area (Å²) in [6.07, 6.45) is 0. The van der Waals surface area contributed by atoms with E-state index in [2.05, 4.69) is 5.32 Å². The SMILES string of the molecule is COc1cc(C(=O)OCC(=O)Nc2sccc2C(N)=O)c([N+](=O)[O-])cc1OC. The number of carbonyl (C=O) groups excluding carboxylic acids is 3. The number of nitrogens with one attached hydrogen (secondary N) is 1. The van der Waals surface area contributed by atoms with Crippen molar-refractivity contribution >= 4 is 39.8 Å². The summed E-state index contributed by atoms with van der Waals surface area (Å²) in [5.74, 6) is -2.45. The predicted octanol–water partition coefficient (Wildman–Crippen LogP) is 1.57. The molecule has 0 saturated carbocycles. The van der Waals surface area contributed by atoms with E-state index in [1.54, 1.807) is 5.38 Å². The molecule has 11 nitrogen and oxygen atoms in total. The van der Waals surface area contributed by atoms with Crippen molar-refractivity contribution in [1.82, 2.24) is 0 Å². The number of ether oxygens (including phenoxy) is 3. The van der Waals surface area contributed by atoms with Gasteiger partial charge in [0.15, 0.2) is 18.1 Å². The predicted molar refractivity (Wildman–Crippen MR) is 97.9 cm³/mol. The standard InChI is InChI=1S/C16H15N3O8S/c1-25-11-5-9(10(19(23)24)6-12(11)26-2)16(22)27-7-13(20)18-15-8(14(17)21)3-4-28-15/h3-6H,7H2,1-2H3,(H2,17,21)(H,18,20). The van der Waals surface area contributed by atoms with E-state index >= 15 is 0 Å². The molecule has 0 unspecified atom stereocenters. The van der Waals surface area contributed by atoms with Crippen LogP contribution >= 0.6 is 11.3 Å². The van der Waals surface area contributed by atoms with Crippen LogP contribution in [0.4, 0.5) is 10.7 Å². The van der Waals surface area contributed by atoms with E-state index in [1.807, 2.05) is 0 Å². The second-order valence-corrected chi connectivity index (χ2v) is 6.05. The number of carbonyl (C=O) groups is 3. The van der Waals surface area contributed by atoms with Gasteiger partial charge in [-0.15, -0.1) is 11.3 Å². The van der Waals surface area contributed by atoms with Gasteiger partial charge in [0.25, 0.3) is 17.5 Å². The Hall–Kier alpha value is -3.67. The number of hydrogen-bond donors (Lipinski definition) is 2. The Kier molecular flexibility index (Phi) is 6.50. The van der Waals surface area contributed by atoms with Crippen molar-refractivity contribution in [2.75, 3.05) is 26.1 Å². The molecule has 1 aromatic carbocycles. The van der Waals surface area contributed by atoms with E-state index in [0.29, 0.717) is 0 Å². The van der Waals surface area contributed by atoms with Crippen molar-refractivity contribution in [2.45, 2.75) is 0 Å². The number of nitro benzene ring substituents is 1. The summed E-state index contributed by atoms with van der Waals surface area (Å²) >= 11 is 1.06. The normalized spacial score (nSPS) is 10.1. The Balaban J connectivity index is 2.14. The van der Waals surface area contributed by atoms with Crippen LogP contribution in [0, 0.1) is 10.1 Å². The van der Waals surface area contributed by atoms with Gasteiger partial charge in [-0.05, 0) is 11.4 Å². The number of nitro groups is 1. The quantitative estimate of drug-likeness (QED) is 0.377. The Morgan fingerprint density at radius 1 is 1.18 bits per heavy atom. The maximum atomic E-state index is 12.2. The molecule has 0 spiro atoms. The molecular weight excluding hydrogens is 394 g/mol. The van der Waals surface area contributed by atoms with Gasteiger partial charge in [0.2, 0.25) is 0 Å².